The fourth-order valence-electron chi connectivity index (χ4n) is 2.01. The molecule has 0 radical (unpaired) electrons. The second-order valence-electron chi connectivity index (χ2n) is 4.40. The molecule has 1 fully saturated rings. The average Bonchev–Trinajstić information content (AvgIpc) is 3.10. The molecule has 1 aromatic carbocycles. The van der Waals surface area contributed by atoms with Gasteiger partial charge in [0.15, 0.2) is 5.82 Å². The summed E-state index contributed by atoms with van der Waals surface area (Å²) in [6, 6.07) is 6.35. The summed E-state index contributed by atoms with van der Waals surface area (Å²) in [5.74, 6) is 0.283. The summed E-state index contributed by atoms with van der Waals surface area (Å²) in [6.07, 6.45) is 0.900. The Bertz CT molecular complexity index is 585. The van der Waals surface area contributed by atoms with E-state index in [0.29, 0.717) is 23.9 Å². The standard InChI is InChI=1S/C13H12N2O4/c16-13(17)9-3-1-8(2-4-9)12-14-11(15-19-12)10-5-6-18-7-10/h1-4,10H,5-7H2,(H,16,17). The topological polar surface area (TPSA) is 85.5 Å². The van der Waals surface area contributed by atoms with Crippen molar-refractivity contribution >= 4 is 5.97 Å². The number of carboxylic acids is 1. The van der Waals surface area contributed by atoms with Gasteiger partial charge in [0.25, 0.3) is 5.89 Å². The highest BCUT2D eigenvalue weighted by Gasteiger charge is 2.23. The lowest BCUT2D eigenvalue weighted by atomic mass is 10.1. The van der Waals surface area contributed by atoms with Crippen molar-refractivity contribution < 1.29 is 19.2 Å². The Morgan fingerprint density at radius 3 is 2.74 bits per heavy atom. The zero-order chi connectivity index (χ0) is 13.2. The van der Waals surface area contributed by atoms with E-state index in [4.69, 9.17) is 14.4 Å². The summed E-state index contributed by atoms with van der Waals surface area (Å²) in [5.41, 5.74) is 0.940. The van der Waals surface area contributed by atoms with Crippen LogP contribution in [-0.2, 0) is 4.74 Å². The monoisotopic (exact) mass is 260 g/mol. The number of rotatable bonds is 3. The van der Waals surface area contributed by atoms with Gasteiger partial charge in [-0.05, 0) is 30.7 Å². The Morgan fingerprint density at radius 1 is 1.32 bits per heavy atom. The predicted octanol–water partition coefficient (Wildman–Crippen LogP) is 1.94. The van der Waals surface area contributed by atoms with Crippen molar-refractivity contribution in [3.63, 3.8) is 0 Å². The molecule has 19 heavy (non-hydrogen) atoms. The summed E-state index contributed by atoms with van der Waals surface area (Å²) in [6.45, 7) is 1.35. The lowest BCUT2D eigenvalue weighted by Crippen LogP contribution is -1.99. The van der Waals surface area contributed by atoms with Gasteiger partial charge in [0, 0.05) is 18.1 Å². The van der Waals surface area contributed by atoms with Gasteiger partial charge >= 0.3 is 5.97 Å². The van der Waals surface area contributed by atoms with Gasteiger partial charge in [0.05, 0.1) is 12.2 Å². The molecule has 3 rings (SSSR count). The highest BCUT2D eigenvalue weighted by molar-refractivity contribution is 5.88. The zero-order valence-electron chi connectivity index (χ0n) is 10.1. The van der Waals surface area contributed by atoms with Crippen LogP contribution in [0.3, 0.4) is 0 Å². The molecular formula is C13H12N2O4. The molecule has 1 aromatic heterocycles. The van der Waals surface area contributed by atoms with E-state index in [2.05, 4.69) is 10.1 Å². The largest absolute Gasteiger partial charge is 0.478 e. The zero-order valence-corrected chi connectivity index (χ0v) is 10.1. The van der Waals surface area contributed by atoms with Crippen molar-refractivity contribution in [2.45, 2.75) is 12.3 Å². The first-order chi connectivity index (χ1) is 9.24. The minimum Gasteiger partial charge on any atom is -0.478 e. The fourth-order valence-corrected chi connectivity index (χ4v) is 2.01. The molecule has 0 spiro atoms. The summed E-state index contributed by atoms with van der Waals surface area (Å²) in [7, 11) is 0. The van der Waals surface area contributed by atoms with Crippen molar-refractivity contribution in [2.75, 3.05) is 13.2 Å². The molecular weight excluding hydrogens is 248 g/mol. The minimum atomic E-state index is -0.958. The number of benzene rings is 1. The molecule has 0 bridgehead atoms. The molecule has 1 atom stereocenters. The normalized spacial score (nSPS) is 18.6. The second-order valence-corrected chi connectivity index (χ2v) is 4.40. The summed E-state index contributed by atoms with van der Waals surface area (Å²) >= 11 is 0. The highest BCUT2D eigenvalue weighted by Crippen LogP contribution is 2.25. The lowest BCUT2D eigenvalue weighted by molar-refractivity contribution is 0.0697. The van der Waals surface area contributed by atoms with Gasteiger partial charge in [-0.15, -0.1) is 0 Å². The van der Waals surface area contributed by atoms with Gasteiger partial charge in [0.1, 0.15) is 0 Å². The highest BCUT2D eigenvalue weighted by atomic mass is 16.5. The summed E-state index contributed by atoms with van der Waals surface area (Å²) < 4.78 is 10.5. The van der Waals surface area contributed by atoms with E-state index < -0.39 is 5.97 Å². The first kappa shape index (κ1) is 11.9. The quantitative estimate of drug-likeness (QED) is 0.907. The molecule has 2 heterocycles. The van der Waals surface area contributed by atoms with Gasteiger partial charge < -0.3 is 14.4 Å². The third-order valence-corrected chi connectivity index (χ3v) is 3.12. The van der Waals surface area contributed by atoms with Gasteiger partial charge in [-0.25, -0.2) is 4.79 Å². The molecule has 0 amide bonds. The Kier molecular flexibility index (Phi) is 3.00. The number of hydrogen-bond donors (Lipinski definition) is 1. The SMILES string of the molecule is O=C(O)c1ccc(-c2nc(C3CCOC3)no2)cc1. The Labute approximate surface area is 109 Å². The van der Waals surface area contributed by atoms with E-state index in [-0.39, 0.29) is 11.5 Å². The molecule has 0 aliphatic carbocycles. The van der Waals surface area contributed by atoms with Crippen molar-refractivity contribution in [1.82, 2.24) is 10.1 Å². The van der Waals surface area contributed by atoms with Crippen LogP contribution in [0.4, 0.5) is 0 Å². The third kappa shape index (κ3) is 2.34. The van der Waals surface area contributed by atoms with Gasteiger partial charge in [-0.3, -0.25) is 0 Å². The molecule has 6 heteroatoms. The van der Waals surface area contributed by atoms with Crippen LogP contribution in [0, 0.1) is 0 Å². The van der Waals surface area contributed by atoms with Crippen molar-refractivity contribution in [2.24, 2.45) is 0 Å². The number of carboxylic acid groups (broad SMARTS) is 1. The van der Waals surface area contributed by atoms with Crippen LogP contribution >= 0.6 is 0 Å². The van der Waals surface area contributed by atoms with Crippen LogP contribution < -0.4 is 0 Å². The van der Waals surface area contributed by atoms with Crippen LogP contribution in [0.2, 0.25) is 0 Å². The molecule has 98 valence electrons. The van der Waals surface area contributed by atoms with Gasteiger partial charge in [-0.1, -0.05) is 5.16 Å². The third-order valence-electron chi connectivity index (χ3n) is 3.12. The average molecular weight is 260 g/mol. The second kappa shape index (κ2) is 4.81. The first-order valence-corrected chi connectivity index (χ1v) is 5.99. The van der Waals surface area contributed by atoms with Crippen LogP contribution in [0.25, 0.3) is 11.5 Å². The van der Waals surface area contributed by atoms with Crippen molar-refractivity contribution in [1.29, 1.82) is 0 Å². The molecule has 2 aromatic rings. The number of ether oxygens (including phenoxy) is 1. The first-order valence-electron chi connectivity index (χ1n) is 5.99. The predicted molar refractivity (Wildman–Crippen MR) is 64.9 cm³/mol. The minimum absolute atomic E-state index is 0.191. The number of nitrogens with zero attached hydrogens (tertiary/aromatic N) is 2. The number of hydrogen-bond acceptors (Lipinski definition) is 5. The van der Waals surface area contributed by atoms with Crippen molar-refractivity contribution in [3.05, 3.63) is 35.7 Å². The van der Waals surface area contributed by atoms with Gasteiger partial charge in [0.2, 0.25) is 0 Å². The van der Waals surface area contributed by atoms with E-state index >= 15 is 0 Å². The van der Waals surface area contributed by atoms with Gasteiger partial charge in [-0.2, -0.15) is 4.98 Å². The Morgan fingerprint density at radius 2 is 2.11 bits per heavy atom. The molecule has 1 aliphatic rings. The smallest absolute Gasteiger partial charge is 0.335 e. The van der Waals surface area contributed by atoms with E-state index in [1.807, 2.05) is 0 Å². The van der Waals surface area contributed by atoms with Crippen LogP contribution in [0.5, 0.6) is 0 Å². The molecule has 1 aliphatic heterocycles. The maximum atomic E-state index is 10.8. The van der Waals surface area contributed by atoms with E-state index in [0.717, 1.165) is 13.0 Å². The molecule has 0 saturated carbocycles. The number of aromatic carboxylic acids is 1. The van der Waals surface area contributed by atoms with Crippen molar-refractivity contribution in [3.8, 4) is 11.5 Å². The lowest BCUT2D eigenvalue weighted by Gasteiger charge is -1.98. The van der Waals surface area contributed by atoms with Crippen LogP contribution in [0.15, 0.2) is 28.8 Å². The number of carbonyl (C=O) groups is 1. The summed E-state index contributed by atoms with van der Waals surface area (Å²) in [5, 5.41) is 12.8. The maximum absolute atomic E-state index is 10.8. The van der Waals surface area contributed by atoms with E-state index in [1.165, 1.54) is 12.1 Å². The fraction of sp³-hybridized carbons (Fsp3) is 0.308. The molecule has 6 nitrogen and oxygen atoms in total. The van der Waals surface area contributed by atoms with Crippen LogP contribution in [-0.4, -0.2) is 34.4 Å². The molecule has 1 N–H and O–H groups in total. The van der Waals surface area contributed by atoms with Crippen LogP contribution in [0.1, 0.15) is 28.5 Å². The number of aromatic nitrogens is 2. The Balaban J connectivity index is 1.83. The molecule has 1 saturated heterocycles. The van der Waals surface area contributed by atoms with E-state index in [9.17, 15) is 4.79 Å². The Hall–Kier alpha value is -2.21. The molecule has 1 unspecified atom stereocenters. The van der Waals surface area contributed by atoms with E-state index in [1.54, 1.807) is 12.1 Å². The maximum Gasteiger partial charge on any atom is 0.335 e. The summed E-state index contributed by atoms with van der Waals surface area (Å²) in [4.78, 5) is 15.1.